The van der Waals surface area contributed by atoms with Crippen LogP contribution in [0.3, 0.4) is 0 Å². The van der Waals surface area contributed by atoms with Gasteiger partial charge in [0.25, 0.3) is 0 Å². The predicted octanol–water partition coefficient (Wildman–Crippen LogP) is 1.53. The number of hydrogen-bond donors (Lipinski definition) is 2. The maximum atomic E-state index is 10.7. The van der Waals surface area contributed by atoms with Crippen LogP contribution in [0.2, 0.25) is 0 Å². The summed E-state index contributed by atoms with van der Waals surface area (Å²) in [6, 6.07) is 4.79. The van der Waals surface area contributed by atoms with Crippen molar-refractivity contribution in [2.24, 2.45) is 0 Å². The third kappa shape index (κ3) is 3.34. The molecule has 0 heterocycles. The van der Waals surface area contributed by atoms with Crippen LogP contribution in [0.15, 0.2) is 18.2 Å². The number of nitrogen functional groups attached to an aromatic ring is 1. The van der Waals surface area contributed by atoms with E-state index in [1.807, 2.05) is 0 Å². The topological polar surface area (TPSA) is 63.3 Å². The minimum atomic E-state index is 0. The quantitative estimate of drug-likeness (QED) is 0.564. The second-order valence-corrected chi connectivity index (χ2v) is 2.77. The van der Waals surface area contributed by atoms with E-state index < -0.39 is 0 Å². The standard InChI is InChI=1S/C9H11NO2.ClH/c1-6(11)4-7-2-3-9(12)8(10)5-7;/h2-3,5,12H,4,10H2,1H3;1H. The normalized spacial score (nSPS) is 9.00. The molecule has 72 valence electrons. The Hall–Kier alpha value is -1.22. The van der Waals surface area contributed by atoms with E-state index in [9.17, 15) is 4.79 Å². The number of aromatic hydroxyl groups is 1. The lowest BCUT2D eigenvalue weighted by Crippen LogP contribution is -1.97. The molecule has 0 aromatic heterocycles. The second kappa shape index (κ2) is 4.72. The molecule has 0 aliphatic heterocycles. The van der Waals surface area contributed by atoms with Crippen molar-refractivity contribution < 1.29 is 9.90 Å². The molecule has 0 aliphatic carbocycles. The number of phenolic OH excluding ortho intramolecular Hbond substituents is 1. The number of carbonyl (C=O) groups is 1. The summed E-state index contributed by atoms with van der Waals surface area (Å²) in [4.78, 5) is 10.7. The van der Waals surface area contributed by atoms with Crippen molar-refractivity contribution in [1.82, 2.24) is 0 Å². The maximum Gasteiger partial charge on any atom is 0.138 e. The van der Waals surface area contributed by atoms with Gasteiger partial charge in [0.1, 0.15) is 11.5 Å². The first-order valence-electron chi connectivity index (χ1n) is 3.66. The van der Waals surface area contributed by atoms with Gasteiger partial charge < -0.3 is 10.8 Å². The molecule has 0 fully saturated rings. The highest BCUT2D eigenvalue weighted by Gasteiger charge is 2.00. The molecule has 1 rings (SSSR count). The highest BCUT2D eigenvalue weighted by Crippen LogP contribution is 2.20. The summed E-state index contributed by atoms with van der Waals surface area (Å²) in [5, 5.41) is 9.07. The first-order valence-corrected chi connectivity index (χ1v) is 3.66. The van der Waals surface area contributed by atoms with Crippen LogP contribution < -0.4 is 5.73 Å². The molecular weight excluding hydrogens is 190 g/mol. The van der Waals surface area contributed by atoms with Crippen LogP contribution in [0, 0.1) is 0 Å². The minimum absolute atomic E-state index is 0. The Balaban J connectivity index is 0.00000144. The van der Waals surface area contributed by atoms with Gasteiger partial charge in [0.05, 0.1) is 5.69 Å². The SMILES string of the molecule is CC(=O)Cc1ccc(O)c(N)c1.Cl. The Morgan fingerprint density at radius 3 is 2.62 bits per heavy atom. The van der Waals surface area contributed by atoms with Crippen molar-refractivity contribution >= 4 is 23.9 Å². The van der Waals surface area contributed by atoms with Crippen molar-refractivity contribution in [3.05, 3.63) is 23.8 Å². The number of phenols is 1. The molecule has 4 heteroatoms. The van der Waals surface area contributed by atoms with Crippen LogP contribution in [0.25, 0.3) is 0 Å². The van der Waals surface area contributed by atoms with Crippen molar-refractivity contribution in [1.29, 1.82) is 0 Å². The number of hydrogen-bond acceptors (Lipinski definition) is 3. The predicted molar refractivity (Wildman–Crippen MR) is 54.2 cm³/mol. The number of rotatable bonds is 2. The van der Waals surface area contributed by atoms with Crippen LogP contribution in [-0.4, -0.2) is 10.9 Å². The maximum absolute atomic E-state index is 10.7. The first kappa shape index (κ1) is 11.8. The largest absolute Gasteiger partial charge is 0.506 e. The zero-order valence-electron chi connectivity index (χ0n) is 7.28. The molecule has 0 spiro atoms. The van der Waals surface area contributed by atoms with Gasteiger partial charge in [0, 0.05) is 6.42 Å². The van der Waals surface area contributed by atoms with Crippen LogP contribution in [0.5, 0.6) is 5.75 Å². The van der Waals surface area contributed by atoms with Crippen LogP contribution in [0.1, 0.15) is 12.5 Å². The van der Waals surface area contributed by atoms with E-state index >= 15 is 0 Å². The fourth-order valence-corrected chi connectivity index (χ4v) is 1.00. The summed E-state index contributed by atoms with van der Waals surface area (Å²) in [6.07, 6.45) is 0.366. The number of ketones is 1. The first-order chi connectivity index (χ1) is 5.59. The molecular formula is C9H12ClNO2. The number of carbonyl (C=O) groups excluding carboxylic acids is 1. The highest BCUT2D eigenvalue weighted by atomic mass is 35.5. The van der Waals surface area contributed by atoms with Gasteiger partial charge in [-0.1, -0.05) is 6.07 Å². The minimum Gasteiger partial charge on any atom is -0.506 e. The van der Waals surface area contributed by atoms with E-state index in [0.717, 1.165) is 5.56 Å². The molecule has 3 nitrogen and oxygen atoms in total. The van der Waals surface area contributed by atoms with Crippen molar-refractivity contribution in [2.45, 2.75) is 13.3 Å². The number of halogens is 1. The van der Waals surface area contributed by atoms with Gasteiger partial charge in [-0.05, 0) is 24.6 Å². The Labute approximate surface area is 83.0 Å². The third-order valence-electron chi connectivity index (χ3n) is 1.55. The summed E-state index contributed by atoms with van der Waals surface area (Å²) < 4.78 is 0. The summed E-state index contributed by atoms with van der Waals surface area (Å²) in [5.74, 6) is 0.141. The van der Waals surface area contributed by atoms with Gasteiger partial charge in [-0.25, -0.2) is 0 Å². The van der Waals surface area contributed by atoms with Gasteiger partial charge >= 0.3 is 0 Å². The van der Waals surface area contributed by atoms with Gasteiger partial charge in [0.15, 0.2) is 0 Å². The number of anilines is 1. The second-order valence-electron chi connectivity index (χ2n) is 2.77. The van der Waals surface area contributed by atoms with E-state index in [-0.39, 0.29) is 23.9 Å². The Morgan fingerprint density at radius 1 is 1.54 bits per heavy atom. The monoisotopic (exact) mass is 201 g/mol. The van der Waals surface area contributed by atoms with E-state index in [1.165, 1.54) is 13.0 Å². The van der Waals surface area contributed by atoms with E-state index in [0.29, 0.717) is 12.1 Å². The fourth-order valence-electron chi connectivity index (χ4n) is 1.00. The molecule has 0 saturated carbocycles. The summed E-state index contributed by atoms with van der Waals surface area (Å²) in [7, 11) is 0. The van der Waals surface area contributed by atoms with Crippen LogP contribution >= 0.6 is 12.4 Å². The molecule has 0 radical (unpaired) electrons. The molecule has 0 saturated heterocycles. The Bertz CT molecular complexity index is 312. The molecule has 1 aromatic carbocycles. The molecule has 0 bridgehead atoms. The average Bonchev–Trinajstić information content (AvgIpc) is 1.96. The summed E-state index contributed by atoms with van der Waals surface area (Å²) in [5.41, 5.74) is 6.58. The number of Topliss-reactive ketones (excluding diaryl/α,β-unsaturated/α-hetero) is 1. The molecule has 0 amide bonds. The molecule has 3 N–H and O–H groups in total. The van der Waals surface area contributed by atoms with Gasteiger partial charge in [-0.15, -0.1) is 12.4 Å². The smallest absolute Gasteiger partial charge is 0.138 e. The summed E-state index contributed by atoms with van der Waals surface area (Å²) >= 11 is 0. The van der Waals surface area contributed by atoms with Gasteiger partial charge in [0.2, 0.25) is 0 Å². The number of nitrogens with two attached hydrogens (primary N) is 1. The fraction of sp³-hybridized carbons (Fsp3) is 0.222. The number of benzene rings is 1. The lowest BCUT2D eigenvalue weighted by Gasteiger charge is -2.01. The highest BCUT2D eigenvalue weighted by molar-refractivity contribution is 5.85. The lowest BCUT2D eigenvalue weighted by molar-refractivity contribution is -0.116. The molecule has 0 aliphatic rings. The summed E-state index contributed by atoms with van der Waals surface area (Å²) in [6.45, 7) is 1.52. The van der Waals surface area contributed by atoms with E-state index in [2.05, 4.69) is 0 Å². The van der Waals surface area contributed by atoms with Crippen LogP contribution in [-0.2, 0) is 11.2 Å². The molecule has 0 atom stereocenters. The Kier molecular flexibility index (Phi) is 4.28. The zero-order chi connectivity index (χ0) is 9.14. The molecule has 0 unspecified atom stereocenters. The van der Waals surface area contributed by atoms with E-state index in [1.54, 1.807) is 12.1 Å². The third-order valence-corrected chi connectivity index (χ3v) is 1.55. The van der Waals surface area contributed by atoms with Gasteiger partial charge in [-0.2, -0.15) is 0 Å². The van der Waals surface area contributed by atoms with Crippen LogP contribution in [0.4, 0.5) is 5.69 Å². The molecule has 13 heavy (non-hydrogen) atoms. The van der Waals surface area contributed by atoms with Crippen molar-refractivity contribution in [2.75, 3.05) is 5.73 Å². The zero-order valence-corrected chi connectivity index (χ0v) is 8.10. The van der Waals surface area contributed by atoms with Gasteiger partial charge in [-0.3, -0.25) is 4.79 Å². The Morgan fingerprint density at radius 2 is 2.15 bits per heavy atom. The van der Waals surface area contributed by atoms with Crippen molar-refractivity contribution in [3.63, 3.8) is 0 Å². The van der Waals surface area contributed by atoms with Crippen molar-refractivity contribution in [3.8, 4) is 5.75 Å². The lowest BCUT2D eigenvalue weighted by atomic mass is 10.1. The van der Waals surface area contributed by atoms with E-state index in [4.69, 9.17) is 10.8 Å². The molecule has 1 aromatic rings. The average molecular weight is 202 g/mol.